The number of nitrogens with one attached hydrogen (secondary N) is 3. The summed E-state index contributed by atoms with van der Waals surface area (Å²) in [5, 5.41) is 8.00. The van der Waals surface area contributed by atoms with Crippen LogP contribution in [0.3, 0.4) is 0 Å². The Labute approximate surface area is 183 Å². The fraction of sp³-hybridized carbons (Fsp3) is 0.591. The van der Waals surface area contributed by atoms with Gasteiger partial charge in [0, 0.05) is 31.5 Å². The number of alkyl carbamates (subject to hydrolysis) is 1. The summed E-state index contributed by atoms with van der Waals surface area (Å²) in [4.78, 5) is 36.1. The molecule has 1 aliphatic heterocycles. The molecule has 0 radical (unpaired) electrons. The lowest BCUT2D eigenvalue weighted by Crippen LogP contribution is -2.56. The zero-order chi connectivity index (χ0) is 22.9. The Balaban J connectivity index is 1.57. The van der Waals surface area contributed by atoms with E-state index in [1.54, 1.807) is 13.8 Å². The lowest BCUT2D eigenvalue weighted by molar-refractivity contribution is -0.304. The first-order valence-corrected chi connectivity index (χ1v) is 10.4. The van der Waals surface area contributed by atoms with Crippen LogP contribution < -0.4 is 16.0 Å². The molecule has 1 aliphatic rings. The standard InChI is InChI=1S/C22H33N3O6/c1-21(2)15-30-22(3,4)31-18(21)19(27)24-11-10-17(26)23-12-13-25-20(28)29-14-16-8-6-5-7-9-16/h5-9,18H,10-15H2,1-4H3,(H,23,26)(H,24,27)(H,25,28). The molecule has 3 N–H and O–H groups in total. The molecule has 0 spiro atoms. The van der Waals surface area contributed by atoms with Gasteiger partial charge in [0.05, 0.1) is 6.61 Å². The van der Waals surface area contributed by atoms with Crippen LogP contribution in [0.1, 0.15) is 39.7 Å². The molecule has 31 heavy (non-hydrogen) atoms. The van der Waals surface area contributed by atoms with Crippen molar-refractivity contribution in [3.63, 3.8) is 0 Å². The van der Waals surface area contributed by atoms with Gasteiger partial charge in [0.1, 0.15) is 12.7 Å². The van der Waals surface area contributed by atoms with E-state index in [1.165, 1.54) is 0 Å². The number of carbonyl (C=O) groups excluding carboxylic acids is 3. The van der Waals surface area contributed by atoms with Crippen LogP contribution >= 0.6 is 0 Å². The average Bonchev–Trinajstić information content (AvgIpc) is 2.72. The highest BCUT2D eigenvalue weighted by molar-refractivity contribution is 5.83. The summed E-state index contributed by atoms with van der Waals surface area (Å²) in [6.45, 7) is 8.61. The second-order valence-electron chi connectivity index (χ2n) is 8.55. The zero-order valence-electron chi connectivity index (χ0n) is 18.7. The molecular formula is C22H33N3O6. The van der Waals surface area contributed by atoms with Crippen molar-refractivity contribution >= 4 is 17.9 Å². The highest BCUT2D eigenvalue weighted by Gasteiger charge is 2.45. The smallest absolute Gasteiger partial charge is 0.407 e. The van der Waals surface area contributed by atoms with Gasteiger partial charge in [0.25, 0.3) is 0 Å². The lowest BCUT2D eigenvalue weighted by Gasteiger charge is -2.44. The van der Waals surface area contributed by atoms with E-state index in [0.717, 1.165) is 5.56 Å². The fourth-order valence-corrected chi connectivity index (χ4v) is 2.94. The number of ether oxygens (including phenoxy) is 3. The summed E-state index contributed by atoms with van der Waals surface area (Å²) in [7, 11) is 0. The molecular weight excluding hydrogens is 402 g/mol. The Morgan fingerprint density at radius 1 is 1.00 bits per heavy atom. The number of carbonyl (C=O) groups is 3. The molecule has 9 heteroatoms. The molecule has 1 unspecified atom stereocenters. The number of benzene rings is 1. The molecule has 2 rings (SSSR count). The Morgan fingerprint density at radius 3 is 2.39 bits per heavy atom. The van der Waals surface area contributed by atoms with E-state index in [9.17, 15) is 14.4 Å². The second-order valence-corrected chi connectivity index (χ2v) is 8.55. The van der Waals surface area contributed by atoms with Gasteiger partial charge in [-0.3, -0.25) is 9.59 Å². The van der Waals surface area contributed by atoms with Gasteiger partial charge in [-0.05, 0) is 19.4 Å². The Bertz CT molecular complexity index is 751. The molecule has 172 valence electrons. The van der Waals surface area contributed by atoms with Crippen LogP contribution in [-0.4, -0.2) is 56.0 Å². The van der Waals surface area contributed by atoms with Crippen LogP contribution in [-0.2, 0) is 30.4 Å². The number of hydrogen-bond donors (Lipinski definition) is 3. The molecule has 0 aromatic heterocycles. The quantitative estimate of drug-likeness (QED) is 0.509. The highest BCUT2D eigenvalue weighted by atomic mass is 16.7. The van der Waals surface area contributed by atoms with Crippen molar-refractivity contribution in [3.8, 4) is 0 Å². The summed E-state index contributed by atoms with van der Waals surface area (Å²) in [6, 6.07) is 9.35. The number of rotatable bonds is 9. The van der Waals surface area contributed by atoms with Gasteiger partial charge < -0.3 is 30.2 Å². The largest absolute Gasteiger partial charge is 0.445 e. The Morgan fingerprint density at radius 2 is 1.68 bits per heavy atom. The fourth-order valence-electron chi connectivity index (χ4n) is 2.94. The van der Waals surface area contributed by atoms with E-state index >= 15 is 0 Å². The molecule has 1 heterocycles. The van der Waals surface area contributed by atoms with Crippen LogP contribution in [0.5, 0.6) is 0 Å². The molecule has 1 fully saturated rings. The third kappa shape index (κ3) is 8.55. The molecule has 9 nitrogen and oxygen atoms in total. The monoisotopic (exact) mass is 435 g/mol. The third-order valence-electron chi connectivity index (χ3n) is 4.72. The van der Waals surface area contributed by atoms with Gasteiger partial charge in [0.15, 0.2) is 5.79 Å². The Kier molecular flexibility index (Phi) is 8.82. The van der Waals surface area contributed by atoms with Crippen molar-refractivity contribution in [1.82, 2.24) is 16.0 Å². The van der Waals surface area contributed by atoms with E-state index in [-0.39, 0.29) is 44.5 Å². The summed E-state index contributed by atoms with van der Waals surface area (Å²) < 4.78 is 16.5. The first kappa shape index (κ1) is 24.6. The van der Waals surface area contributed by atoms with Crippen LogP contribution in [0.4, 0.5) is 4.79 Å². The van der Waals surface area contributed by atoms with Crippen molar-refractivity contribution in [3.05, 3.63) is 35.9 Å². The van der Waals surface area contributed by atoms with Crippen LogP contribution in [0, 0.1) is 5.41 Å². The van der Waals surface area contributed by atoms with Crippen molar-refractivity contribution in [2.45, 2.75) is 52.6 Å². The van der Waals surface area contributed by atoms with Gasteiger partial charge in [-0.2, -0.15) is 0 Å². The predicted octanol–water partition coefficient (Wildman–Crippen LogP) is 1.71. The molecule has 0 aliphatic carbocycles. The minimum Gasteiger partial charge on any atom is -0.445 e. The first-order valence-electron chi connectivity index (χ1n) is 10.4. The SMILES string of the molecule is CC1(C)OCC(C)(C)C(C(=O)NCCC(=O)NCCNC(=O)OCc2ccccc2)O1. The van der Waals surface area contributed by atoms with E-state index in [4.69, 9.17) is 14.2 Å². The van der Waals surface area contributed by atoms with Crippen molar-refractivity contribution in [2.24, 2.45) is 5.41 Å². The maximum Gasteiger partial charge on any atom is 0.407 e. The second kappa shape index (κ2) is 11.1. The van der Waals surface area contributed by atoms with Crippen LogP contribution in [0.25, 0.3) is 0 Å². The minimum absolute atomic E-state index is 0.122. The molecule has 3 amide bonds. The van der Waals surface area contributed by atoms with Crippen molar-refractivity contribution < 1.29 is 28.6 Å². The summed E-state index contributed by atoms with van der Waals surface area (Å²) >= 11 is 0. The van der Waals surface area contributed by atoms with Crippen molar-refractivity contribution in [2.75, 3.05) is 26.2 Å². The maximum atomic E-state index is 12.5. The predicted molar refractivity (Wildman–Crippen MR) is 114 cm³/mol. The van der Waals surface area contributed by atoms with Gasteiger partial charge in [-0.25, -0.2) is 4.79 Å². The zero-order valence-corrected chi connectivity index (χ0v) is 18.7. The first-order chi connectivity index (χ1) is 14.6. The van der Waals surface area contributed by atoms with E-state index in [1.807, 2.05) is 44.2 Å². The summed E-state index contributed by atoms with van der Waals surface area (Å²) in [5.74, 6) is -1.33. The highest BCUT2D eigenvalue weighted by Crippen LogP contribution is 2.34. The van der Waals surface area contributed by atoms with Gasteiger partial charge in [-0.1, -0.05) is 44.2 Å². The van der Waals surface area contributed by atoms with E-state index in [0.29, 0.717) is 6.61 Å². The van der Waals surface area contributed by atoms with Gasteiger partial charge in [0.2, 0.25) is 11.8 Å². The molecule has 0 bridgehead atoms. The summed E-state index contributed by atoms with van der Waals surface area (Å²) in [5.41, 5.74) is 0.425. The third-order valence-corrected chi connectivity index (χ3v) is 4.72. The van der Waals surface area contributed by atoms with Crippen LogP contribution in [0.15, 0.2) is 30.3 Å². The molecule has 1 aromatic rings. The Hall–Kier alpha value is -2.65. The van der Waals surface area contributed by atoms with Crippen molar-refractivity contribution in [1.29, 1.82) is 0 Å². The molecule has 1 atom stereocenters. The van der Waals surface area contributed by atoms with E-state index < -0.39 is 23.4 Å². The molecule has 1 aromatic carbocycles. The molecule has 1 saturated heterocycles. The minimum atomic E-state index is -0.829. The van der Waals surface area contributed by atoms with E-state index in [2.05, 4.69) is 16.0 Å². The van der Waals surface area contributed by atoms with Gasteiger partial charge >= 0.3 is 6.09 Å². The van der Waals surface area contributed by atoms with Gasteiger partial charge in [-0.15, -0.1) is 0 Å². The van der Waals surface area contributed by atoms with Crippen LogP contribution in [0.2, 0.25) is 0 Å². The normalized spacial score (nSPS) is 19.2. The number of hydrogen-bond acceptors (Lipinski definition) is 6. The maximum absolute atomic E-state index is 12.5. The number of amides is 3. The molecule has 0 saturated carbocycles. The lowest BCUT2D eigenvalue weighted by atomic mass is 9.85. The topological polar surface area (TPSA) is 115 Å². The summed E-state index contributed by atoms with van der Waals surface area (Å²) in [6.07, 6.45) is -1.09. The average molecular weight is 436 g/mol.